The normalized spacial score (nSPS) is 17.2. The van der Waals surface area contributed by atoms with Crippen LogP contribution in [0.4, 0.5) is 0 Å². The van der Waals surface area contributed by atoms with Crippen molar-refractivity contribution in [2.24, 2.45) is 11.8 Å². The fourth-order valence-electron chi connectivity index (χ4n) is 3.01. The first-order valence-electron chi connectivity index (χ1n) is 9.12. The van der Waals surface area contributed by atoms with Gasteiger partial charge in [-0.05, 0) is 69.3 Å². The Labute approximate surface area is 158 Å². The summed E-state index contributed by atoms with van der Waals surface area (Å²) in [6, 6.07) is 8.04. The lowest BCUT2D eigenvalue weighted by Crippen LogP contribution is -2.41. The van der Waals surface area contributed by atoms with Gasteiger partial charge in [0.15, 0.2) is 0 Å². The first kappa shape index (κ1) is 21.8. The molecular formula is C20H33ClN2O2. The molecule has 4 nitrogen and oxygen atoms in total. The van der Waals surface area contributed by atoms with E-state index in [9.17, 15) is 4.79 Å². The van der Waals surface area contributed by atoms with E-state index in [0.717, 1.165) is 37.4 Å². The predicted molar refractivity (Wildman–Crippen MR) is 105 cm³/mol. The molecule has 0 spiro atoms. The van der Waals surface area contributed by atoms with Crippen LogP contribution in [0.1, 0.15) is 52.5 Å². The Balaban J connectivity index is 0.00000312. The van der Waals surface area contributed by atoms with Crippen molar-refractivity contribution in [3.8, 4) is 5.75 Å². The van der Waals surface area contributed by atoms with Crippen LogP contribution < -0.4 is 15.4 Å². The quantitative estimate of drug-likeness (QED) is 0.732. The number of carbonyl (C=O) groups excluding carboxylic acids is 1. The van der Waals surface area contributed by atoms with Gasteiger partial charge in [-0.2, -0.15) is 0 Å². The molecule has 1 heterocycles. The Morgan fingerprint density at radius 2 is 2.00 bits per heavy atom. The van der Waals surface area contributed by atoms with Gasteiger partial charge in [0.05, 0.1) is 12.1 Å². The molecule has 2 N–H and O–H groups in total. The predicted octanol–water partition coefficient (Wildman–Crippen LogP) is 3.88. The van der Waals surface area contributed by atoms with Crippen molar-refractivity contribution < 1.29 is 9.53 Å². The van der Waals surface area contributed by atoms with E-state index < -0.39 is 0 Å². The van der Waals surface area contributed by atoms with Gasteiger partial charge >= 0.3 is 0 Å². The topological polar surface area (TPSA) is 50.4 Å². The van der Waals surface area contributed by atoms with E-state index in [4.69, 9.17) is 4.74 Å². The highest BCUT2D eigenvalue weighted by molar-refractivity contribution is 5.85. The fraction of sp³-hybridized carbons (Fsp3) is 0.650. The van der Waals surface area contributed by atoms with Gasteiger partial charge in [0.25, 0.3) is 0 Å². The minimum absolute atomic E-state index is 0. The van der Waals surface area contributed by atoms with Gasteiger partial charge in [0, 0.05) is 6.42 Å². The van der Waals surface area contributed by atoms with E-state index in [1.165, 1.54) is 6.42 Å². The standard InChI is InChI=1S/C20H32N2O2.ClH/c1-15(2)14-24-18-8-6-17(7-9-18)20(3,4)22-19(23)10-5-16-11-12-21-13-16;/h6-9,15-16,21H,5,10-14H2,1-4H3,(H,22,23);1H. The van der Waals surface area contributed by atoms with Crippen molar-refractivity contribution in [3.05, 3.63) is 29.8 Å². The lowest BCUT2D eigenvalue weighted by atomic mass is 9.93. The monoisotopic (exact) mass is 368 g/mol. The van der Waals surface area contributed by atoms with Crippen LogP contribution in [0.5, 0.6) is 5.75 Å². The first-order valence-corrected chi connectivity index (χ1v) is 9.12. The summed E-state index contributed by atoms with van der Waals surface area (Å²) in [5.41, 5.74) is 0.719. The number of nitrogens with one attached hydrogen (secondary N) is 2. The molecule has 1 atom stereocenters. The molecule has 1 saturated heterocycles. The second-order valence-corrected chi connectivity index (χ2v) is 7.80. The van der Waals surface area contributed by atoms with Crippen molar-refractivity contribution in [1.82, 2.24) is 10.6 Å². The van der Waals surface area contributed by atoms with Gasteiger partial charge < -0.3 is 15.4 Å². The van der Waals surface area contributed by atoms with Crippen molar-refractivity contribution in [1.29, 1.82) is 0 Å². The fourth-order valence-corrected chi connectivity index (χ4v) is 3.01. The molecule has 142 valence electrons. The van der Waals surface area contributed by atoms with Gasteiger partial charge in [-0.1, -0.05) is 26.0 Å². The van der Waals surface area contributed by atoms with Crippen molar-refractivity contribution in [2.75, 3.05) is 19.7 Å². The van der Waals surface area contributed by atoms with E-state index in [2.05, 4.69) is 24.5 Å². The van der Waals surface area contributed by atoms with Crippen LogP contribution in [-0.2, 0) is 10.3 Å². The number of halogens is 1. The molecular weight excluding hydrogens is 336 g/mol. The SMILES string of the molecule is CC(C)COc1ccc(C(C)(C)NC(=O)CCC2CCNC2)cc1.Cl. The minimum Gasteiger partial charge on any atom is -0.493 e. The highest BCUT2D eigenvalue weighted by atomic mass is 35.5. The van der Waals surface area contributed by atoms with Crippen LogP contribution in [0.2, 0.25) is 0 Å². The summed E-state index contributed by atoms with van der Waals surface area (Å²) in [4.78, 5) is 12.3. The zero-order valence-electron chi connectivity index (χ0n) is 15.9. The third-order valence-electron chi connectivity index (χ3n) is 4.55. The molecule has 0 bridgehead atoms. The van der Waals surface area contributed by atoms with Gasteiger partial charge in [-0.15, -0.1) is 12.4 Å². The van der Waals surface area contributed by atoms with E-state index in [0.29, 0.717) is 18.3 Å². The molecule has 2 rings (SSSR count). The second kappa shape index (κ2) is 10.0. The molecule has 5 heteroatoms. The Kier molecular flexibility index (Phi) is 8.74. The van der Waals surface area contributed by atoms with Crippen LogP contribution in [0.15, 0.2) is 24.3 Å². The average Bonchev–Trinajstić information content (AvgIpc) is 3.04. The number of ether oxygens (including phenoxy) is 1. The number of hydrogen-bond donors (Lipinski definition) is 2. The summed E-state index contributed by atoms with van der Waals surface area (Å²) >= 11 is 0. The molecule has 1 aliphatic rings. The average molecular weight is 369 g/mol. The largest absolute Gasteiger partial charge is 0.493 e. The maximum Gasteiger partial charge on any atom is 0.220 e. The van der Waals surface area contributed by atoms with Gasteiger partial charge in [-0.3, -0.25) is 4.79 Å². The van der Waals surface area contributed by atoms with E-state index in [-0.39, 0.29) is 23.9 Å². The van der Waals surface area contributed by atoms with Crippen LogP contribution in [0, 0.1) is 11.8 Å². The van der Waals surface area contributed by atoms with Gasteiger partial charge in [-0.25, -0.2) is 0 Å². The molecule has 0 saturated carbocycles. The summed E-state index contributed by atoms with van der Waals surface area (Å²) in [5, 5.41) is 6.52. The summed E-state index contributed by atoms with van der Waals surface area (Å²) in [7, 11) is 0. The van der Waals surface area contributed by atoms with Crippen LogP contribution in [-0.4, -0.2) is 25.6 Å². The van der Waals surface area contributed by atoms with Gasteiger partial charge in [0.2, 0.25) is 5.91 Å². The highest BCUT2D eigenvalue weighted by Gasteiger charge is 2.23. The second-order valence-electron chi connectivity index (χ2n) is 7.80. The van der Waals surface area contributed by atoms with Crippen molar-refractivity contribution in [2.45, 2.75) is 52.5 Å². The molecule has 1 amide bonds. The molecule has 0 radical (unpaired) electrons. The molecule has 1 aliphatic heterocycles. The summed E-state index contributed by atoms with van der Waals surface area (Å²) in [6.07, 6.45) is 2.76. The Morgan fingerprint density at radius 1 is 1.32 bits per heavy atom. The molecule has 1 fully saturated rings. The summed E-state index contributed by atoms with van der Waals surface area (Å²) in [5.74, 6) is 2.17. The molecule has 25 heavy (non-hydrogen) atoms. The molecule has 0 aromatic heterocycles. The smallest absolute Gasteiger partial charge is 0.220 e. The number of carbonyl (C=O) groups is 1. The zero-order chi connectivity index (χ0) is 17.6. The Hall–Kier alpha value is -1.26. The summed E-state index contributed by atoms with van der Waals surface area (Å²) in [6.45, 7) is 11.2. The van der Waals surface area contributed by atoms with Crippen molar-refractivity contribution in [3.63, 3.8) is 0 Å². The van der Waals surface area contributed by atoms with Crippen LogP contribution in [0.25, 0.3) is 0 Å². The Morgan fingerprint density at radius 3 is 2.56 bits per heavy atom. The maximum absolute atomic E-state index is 12.3. The molecule has 1 aromatic carbocycles. The number of benzene rings is 1. The third-order valence-corrected chi connectivity index (χ3v) is 4.55. The molecule has 1 unspecified atom stereocenters. The zero-order valence-corrected chi connectivity index (χ0v) is 16.7. The lowest BCUT2D eigenvalue weighted by Gasteiger charge is -2.27. The number of amides is 1. The first-order chi connectivity index (χ1) is 11.4. The molecule has 1 aromatic rings. The van der Waals surface area contributed by atoms with Crippen LogP contribution in [0.3, 0.4) is 0 Å². The van der Waals surface area contributed by atoms with E-state index in [1.54, 1.807) is 0 Å². The van der Waals surface area contributed by atoms with E-state index in [1.807, 2.05) is 38.1 Å². The Bertz CT molecular complexity index is 523. The highest BCUT2D eigenvalue weighted by Crippen LogP contribution is 2.24. The molecule has 0 aliphatic carbocycles. The van der Waals surface area contributed by atoms with E-state index >= 15 is 0 Å². The number of rotatable bonds is 8. The van der Waals surface area contributed by atoms with Gasteiger partial charge in [0.1, 0.15) is 5.75 Å². The summed E-state index contributed by atoms with van der Waals surface area (Å²) < 4.78 is 5.72. The lowest BCUT2D eigenvalue weighted by molar-refractivity contribution is -0.123. The maximum atomic E-state index is 12.3. The van der Waals surface area contributed by atoms with Crippen molar-refractivity contribution >= 4 is 18.3 Å². The minimum atomic E-state index is -0.373. The van der Waals surface area contributed by atoms with Crippen LogP contribution >= 0.6 is 12.4 Å². The third kappa shape index (κ3) is 7.25. The number of hydrogen-bond acceptors (Lipinski definition) is 3.